The normalized spacial score (nSPS) is 18.9. The van der Waals surface area contributed by atoms with Crippen LogP contribution in [0, 0.1) is 5.92 Å². The molecule has 0 saturated carbocycles. The summed E-state index contributed by atoms with van der Waals surface area (Å²) in [6.07, 6.45) is 10.2. The lowest BCUT2D eigenvalue weighted by molar-refractivity contribution is 0.0257. The van der Waals surface area contributed by atoms with Crippen LogP contribution in [0.15, 0.2) is 21.7 Å². The number of nitrogens with zero attached hydrogens (tertiary/aromatic N) is 3. The van der Waals surface area contributed by atoms with Crippen LogP contribution in [0.2, 0.25) is 5.02 Å². The Bertz CT molecular complexity index is 1740. The number of hydrogen-bond acceptors (Lipinski definition) is 8. The molecule has 3 aromatic rings. The molecule has 0 fully saturated rings. The molecule has 5 rings (SSSR count). The number of methoxy groups -OCH3 is 2. The van der Waals surface area contributed by atoms with Crippen LogP contribution >= 0.6 is 11.6 Å². The van der Waals surface area contributed by atoms with Crippen molar-refractivity contribution in [1.29, 1.82) is 0 Å². The summed E-state index contributed by atoms with van der Waals surface area (Å²) < 4.78 is 19.6. The molecule has 1 spiro atoms. The van der Waals surface area contributed by atoms with Crippen molar-refractivity contribution in [3.8, 4) is 17.2 Å². The second kappa shape index (κ2) is 12.8. The number of rotatable bonds is 12. The van der Waals surface area contributed by atoms with E-state index < -0.39 is 34.3 Å². The van der Waals surface area contributed by atoms with Crippen LogP contribution in [0.1, 0.15) is 98.0 Å². The molecule has 0 saturated heterocycles. The molecular formula is C33H40ClN3O7. The molecule has 11 heteroatoms. The average molecular weight is 626 g/mol. The van der Waals surface area contributed by atoms with Crippen LogP contribution in [0.4, 0.5) is 0 Å². The highest BCUT2D eigenvalue weighted by Crippen LogP contribution is 2.53. The lowest BCUT2D eigenvalue weighted by Crippen LogP contribution is -2.57. The second-order valence-electron chi connectivity index (χ2n) is 11.9. The number of ether oxygens (including phenoxy) is 3. The van der Waals surface area contributed by atoms with Gasteiger partial charge in [0.25, 0.3) is 5.56 Å². The maximum atomic E-state index is 14.3. The first kappa shape index (κ1) is 31.8. The number of halogens is 1. The van der Waals surface area contributed by atoms with Crippen LogP contribution in [-0.2, 0) is 20.0 Å². The number of hydrogen-bond donors (Lipinski definition) is 0. The number of unbranched alkanes of at least 4 members (excludes halogenated alkanes) is 8. The van der Waals surface area contributed by atoms with E-state index in [1.165, 1.54) is 67.6 Å². The fraction of sp³-hybridized carbons (Fsp3) is 0.545. The molecule has 0 radical (unpaired) electrons. The highest BCUT2D eigenvalue weighted by molar-refractivity contribution is 6.36. The third kappa shape index (κ3) is 5.10. The predicted octanol–water partition coefficient (Wildman–Crippen LogP) is 5.69. The molecule has 2 aliphatic rings. The molecule has 1 aliphatic carbocycles. The Morgan fingerprint density at radius 2 is 1.59 bits per heavy atom. The summed E-state index contributed by atoms with van der Waals surface area (Å²) in [5.41, 5.74) is -2.07. The van der Waals surface area contributed by atoms with Gasteiger partial charge in [-0.05, 0) is 18.9 Å². The number of aryl methyl sites for hydroxylation is 1. The minimum atomic E-state index is -1.91. The van der Waals surface area contributed by atoms with Gasteiger partial charge in [0.1, 0.15) is 27.7 Å². The van der Waals surface area contributed by atoms with Crippen molar-refractivity contribution >= 4 is 34.2 Å². The minimum absolute atomic E-state index is 0.0241. The van der Waals surface area contributed by atoms with Crippen LogP contribution in [0.5, 0.6) is 17.2 Å². The van der Waals surface area contributed by atoms with Gasteiger partial charge < -0.3 is 14.2 Å². The van der Waals surface area contributed by atoms with Crippen LogP contribution in [-0.4, -0.2) is 45.5 Å². The van der Waals surface area contributed by atoms with Gasteiger partial charge in [0.15, 0.2) is 5.75 Å². The SMILES string of the molecule is CCCCCCCCCCCn1c(=O)c2cc3c(nc2n(C)c1=O)C[C@@H](C)[C@]1(Oc2c(Cl)c(OC)cc(OC)c2C1=O)C3=O. The molecule has 3 heterocycles. The molecule has 0 N–H and O–H groups in total. The van der Waals surface area contributed by atoms with Crippen molar-refractivity contribution in [2.45, 2.75) is 90.2 Å². The Morgan fingerprint density at radius 1 is 0.955 bits per heavy atom. The summed E-state index contributed by atoms with van der Waals surface area (Å²) in [7, 11) is 4.41. The van der Waals surface area contributed by atoms with E-state index in [1.807, 2.05) is 0 Å². The molecule has 10 nitrogen and oxygen atoms in total. The first-order valence-electron chi connectivity index (χ1n) is 15.5. The van der Waals surface area contributed by atoms with Gasteiger partial charge in [-0.3, -0.25) is 23.5 Å². The highest BCUT2D eigenvalue weighted by atomic mass is 35.5. The van der Waals surface area contributed by atoms with E-state index >= 15 is 0 Å². The fourth-order valence-electron chi connectivity index (χ4n) is 6.52. The maximum absolute atomic E-state index is 14.3. The predicted molar refractivity (Wildman–Crippen MR) is 168 cm³/mol. The van der Waals surface area contributed by atoms with Crippen LogP contribution in [0.25, 0.3) is 11.0 Å². The molecule has 2 aromatic heterocycles. The van der Waals surface area contributed by atoms with Crippen molar-refractivity contribution in [3.63, 3.8) is 0 Å². The molecular weight excluding hydrogens is 586 g/mol. The monoisotopic (exact) mass is 625 g/mol. The number of pyridine rings is 1. The number of carbonyl (C=O) groups excluding carboxylic acids is 2. The number of ketones is 2. The molecule has 1 aliphatic heterocycles. The molecule has 0 bridgehead atoms. The quantitative estimate of drug-likeness (QED) is 0.186. The summed E-state index contributed by atoms with van der Waals surface area (Å²) in [6.45, 7) is 4.21. The zero-order chi connectivity index (χ0) is 31.8. The average Bonchev–Trinajstić information content (AvgIpc) is 3.33. The number of aromatic nitrogens is 3. The van der Waals surface area contributed by atoms with Gasteiger partial charge in [-0.2, -0.15) is 0 Å². The van der Waals surface area contributed by atoms with Crippen molar-refractivity contribution in [1.82, 2.24) is 14.1 Å². The van der Waals surface area contributed by atoms with E-state index in [9.17, 15) is 19.2 Å². The van der Waals surface area contributed by atoms with Gasteiger partial charge in [0.05, 0.1) is 25.3 Å². The molecule has 0 amide bonds. The Morgan fingerprint density at radius 3 is 2.23 bits per heavy atom. The summed E-state index contributed by atoms with van der Waals surface area (Å²) in [6, 6.07) is 2.94. The number of fused-ring (bicyclic) bond motifs is 3. The Labute approximate surface area is 261 Å². The first-order chi connectivity index (χ1) is 21.1. The maximum Gasteiger partial charge on any atom is 0.332 e. The summed E-state index contributed by atoms with van der Waals surface area (Å²) in [5, 5.41) is 0.199. The summed E-state index contributed by atoms with van der Waals surface area (Å²) in [5.74, 6) is -1.37. The van der Waals surface area contributed by atoms with Crippen LogP contribution < -0.4 is 25.5 Å². The molecule has 44 heavy (non-hydrogen) atoms. The van der Waals surface area contributed by atoms with Crippen LogP contribution in [0.3, 0.4) is 0 Å². The number of carbonyl (C=O) groups is 2. The van der Waals surface area contributed by atoms with Gasteiger partial charge in [-0.1, -0.05) is 76.8 Å². The molecule has 1 aromatic carbocycles. The zero-order valence-corrected chi connectivity index (χ0v) is 26.8. The van der Waals surface area contributed by atoms with Gasteiger partial charge >= 0.3 is 5.69 Å². The molecule has 0 unspecified atom stereocenters. The third-order valence-electron chi connectivity index (χ3n) is 9.07. The number of Topliss-reactive ketones (excluding diaryl/α,β-unsaturated/α-hetero) is 2. The van der Waals surface area contributed by atoms with Gasteiger partial charge in [0.2, 0.25) is 17.2 Å². The topological polar surface area (TPSA) is 119 Å². The smallest absolute Gasteiger partial charge is 0.332 e. The second-order valence-corrected chi connectivity index (χ2v) is 12.3. The summed E-state index contributed by atoms with van der Waals surface area (Å²) >= 11 is 6.53. The van der Waals surface area contributed by atoms with Crippen molar-refractivity contribution in [2.24, 2.45) is 13.0 Å². The largest absolute Gasteiger partial charge is 0.496 e. The Balaban J connectivity index is 1.46. The van der Waals surface area contributed by atoms with E-state index in [2.05, 4.69) is 11.9 Å². The Kier molecular flexibility index (Phi) is 9.20. The fourth-order valence-corrected chi connectivity index (χ4v) is 6.79. The lowest BCUT2D eigenvalue weighted by atomic mass is 9.71. The molecule has 2 atom stereocenters. The zero-order valence-electron chi connectivity index (χ0n) is 26.1. The van der Waals surface area contributed by atoms with Crippen molar-refractivity contribution in [2.75, 3.05) is 14.2 Å². The van der Waals surface area contributed by atoms with Gasteiger partial charge in [0, 0.05) is 31.1 Å². The van der Waals surface area contributed by atoms with E-state index in [4.69, 9.17) is 25.8 Å². The molecule has 236 valence electrons. The van der Waals surface area contributed by atoms with Gasteiger partial charge in [-0.25, -0.2) is 9.78 Å². The van der Waals surface area contributed by atoms with E-state index in [0.717, 1.165) is 19.3 Å². The number of benzene rings is 1. The van der Waals surface area contributed by atoms with Crippen molar-refractivity contribution < 1.29 is 23.8 Å². The van der Waals surface area contributed by atoms with E-state index in [-0.39, 0.29) is 57.4 Å². The highest BCUT2D eigenvalue weighted by Gasteiger charge is 2.62. The minimum Gasteiger partial charge on any atom is -0.496 e. The van der Waals surface area contributed by atoms with E-state index in [0.29, 0.717) is 12.1 Å². The summed E-state index contributed by atoms with van der Waals surface area (Å²) in [4.78, 5) is 59.7. The van der Waals surface area contributed by atoms with E-state index in [1.54, 1.807) is 14.0 Å². The first-order valence-corrected chi connectivity index (χ1v) is 15.9. The van der Waals surface area contributed by atoms with Crippen molar-refractivity contribution in [3.05, 3.63) is 54.8 Å². The lowest BCUT2D eigenvalue weighted by Gasteiger charge is -2.36. The third-order valence-corrected chi connectivity index (χ3v) is 9.43. The van der Waals surface area contributed by atoms with Gasteiger partial charge in [-0.15, -0.1) is 0 Å². The Hall–Kier alpha value is -3.66. The standard InChI is InChI=1S/C33H40ClN3O7/c1-6-7-8-9-10-11-12-13-14-15-37-31(40)21-17-20-22(35-30(21)36(3)32(37)41)16-19(2)33(28(20)38)29(39)25-23(42-4)18-24(43-5)26(34)27(25)44-33/h17-19H,6-16H2,1-5H3/t19-,33+/m1/s1.